The van der Waals surface area contributed by atoms with Gasteiger partial charge in [0.05, 0.1) is 10.6 Å². The number of benzene rings is 2. The molecule has 1 fully saturated rings. The first kappa shape index (κ1) is 20.5. The summed E-state index contributed by atoms with van der Waals surface area (Å²) in [4.78, 5) is 47.7. The number of ketones is 3. The Morgan fingerprint density at radius 2 is 1.44 bits per heavy atom. The van der Waals surface area contributed by atoms with Crippen molar-refractivity contribution in [1.82, 2.24) is 5.32 Å². The maximum atomic E-state index is 11.3. The van der Waals surface area contributed by atoms with E-state index in [-0.39, 0.29) is 40.9 Å². The van der Waals surface area contributed by atoms with E-state index in [0.717, 1.165) is 5.56 Å². The fourth-order valence-corrected chi connectivity index (χ4v) is 2.98. The summed E-state index contributed by atoms with van der Waals surface area (Å²) in [5.41, 5.74) is 1.60. The number of nitrogens with zero attached hydrogens (tertiary/aromatic N) is 2. The Labute approximate surface area is 179 Å². The molecule has 0 aliphatic heterocycles. The SMILES string of the molecule is O=C1C(=O)C(=Nc2ccc(CNC3=C(Nc4ccc([N+](=O)[O-])cc4)C(O)=C3O)cc2)C1=O. The van der Waals surface area contributed by atoms with Gasteiger partial charge in [0, 0.05) is 24.4 Å². The standard InChI is InChI=1S/C21H14N4O7/c26-17-14(15(18(17)27)23-12-5-7-13(8-6-12)25(31)32)22-9-10-1-3-11(4-2-10)24-16-19(28)21(30)20(16)29/h1-8,22-23,26-27H,9H2. The fraction of sp³-hybridized carbons (Fsp3) is 0.0476. The Kier molecular flexibility index (Phi) is 4.99. The van der Waals surface area contributed by atoms with E-state index in [1.165, 1.54) is 24.3 Å². The molecule has 11 nitrogen and oxygen atoms in total. The zero-order valence-electron chi connectivity index (χ0n) is 16.2. The van der Waals surface area contributed by atoms with E-state index in [0.29, 0.717) is 11.4 Å². The van der Waals surface area contributed by atoms with Crippen molar-refractivity contribution < 1.29 is 29.5 Å². The monoisotopic (exact) mass is 434 g/mol. The first-order chi connectivity index (χ1) is 15.3. The lowest BCUT2D eigenvalue weighted by molar-refractivity contribution is -0.384. The highest BCUT2D eigenvalue weighted by atomic mass is 16.6. The summed E-state index contributed by atoms with van der Waals surface area (Å²) in [6, 6.07) is 12.0. The molecule has 4 rings (SSSR count). The number of anilines is 1. The Morgan fingerprint density at radius 3 is 2.03 bits per heavy atom. The maximum Gasteiger partial charge on any atom is 0.277 e. The normalized spacial score (nSPS) is 15.4. The zero-order chi connectivity index (χ0) is 23.0. The van der Waals surface area contributed by atoms with E-state index in [9.17, 15) is 34.7 Å². The van der Waals surface area contributed by atoms with Gasteiger partial charge in [-0.15, -0.1) is 0 Å². The second-order valence-corrected chi connectivity index (χ2v) is 6.84. The van der Waals surface area contributed by atoms with Crippen molar-refractivity contribution in [3.05, 3.63) is 87.1 Å². The number of nitro benzene ring substituents is 1. The third-order valence-electron chi connectivity index (χ3n) is 4.78. The number of nitrogens with one attached hydrogen (secondary N) is 2. The number of non-ortho nitro benzene ring substituents is 1. The highest BCUT2D eigenvalue weighted by Gasteiger charge is 2.44. The number of aliphatic imine (C=N–C) groups is 1. The topological polar surface area (TPSA) is 171 Å². The molecule has 0 unspecified atom stereocenters. The van der Waals surface area contributed by atoms with Gasteiger partial charge in [-0.1, -0.05) is 12.1 Å². The summed E-state index contributed by atoms with van der Waals surface area (Å²) in [5, 5.41) is 36.5. The molecule has 0 radical (unpaired) electrons. The summed E-state index contributed by atoms with van der Waals surface area (Å²) in [6.07, 6.45) is 0. The van der Waals surface area contributed by atoms with Gasteiger partial charge >= 0.3 is 0 Å². The van der Waals surface area contributed by atoms with Gasteiger partial charge in [0.15, 0.2) is 17.2 Å². The third-order valence-corrected chi connectivity index (χ3v) is 4.78. The van der Waals surface area contributed by atoms with Gasteiger partial charge in [0.2, 0.25) is 0 Å². The van der Waals surface area contributed by atoms with Gasteiger partial charge in [0.25, 0.3) is 23.0 Å². The van der Waals surface area contributed by atoms with Crippen molar-refractivity contribution in [3.8, 4) is 0 Å². The molecule has 32 heavy (non-hydrogen) atoms. The molecule has 2 aromatic carbocycles. The second-order valence-electron chi connectivity index (χ2n) is 6.84. The number of nitro groups is 1. The number of aliphatic hydroxyl groups excluding tert-OH is 2. The van der Waals surface area contributed by atoms with Crippen molar-refractivity contribution in [3.63, 3.8) is 0 Å². The number of hydrogen-bond acceptors (Lipinski definition) is 10. The van der Waals surface area contributed by atoms with Crippen LogP contribution in [0.15, 0.2) is 76.4 Å². The molecule has 0 spiro atoms. The van der Waals surface area contributed by atoms with Crippen molar-refractivity contribution in [2.75, 3.05) is 5.32 Å². The van der Waals surface area contributed by atoms with Gasteiger partial charge < -0.3 is 20.8 Å². The van der Waals surface area contributed by atoms with Crippen LogP contribution in [0.1, 0.15) is 5.56 Å². The molecule has 1 saturated carbocycles. The van der Waals surface area contributed by atoms with Crippen molar-refractivity contribution in [2.24, 2.45) is 4.99 Å². The van der Waals surface area contributed by atoms with Crippen LogP contribution in [0.5, 0.6) is 0 Å². The van der Waals surface area contributed by atoms with E-state index >= 15 is 0 Å². The molecule has 4 N–H and O–H groups in total. The number of hydrogen-bond donors (Lipinski definition) is 4. The summed E-state index contributed by atoms with van der Waals surface area (Å²) >= 11 is 0. The predicted molar refractivity (Wildman–Crippen MR) is 111 cm³/mol. The van der Waals surface area contributed by atoms with Crippen LogP contribution in [0.2, 0.25) is 0 Å². The minimum absolute atomic E-state index is 0.0784. The lowest BCUT2D eigenvalue weighted by atomic mass is 9.91. The van der Waals surface area contributed by atoms with Gasteiger partial charge in [-0.3, -0.25) is 24.5 Å². The predicted octanol–water partition coefficient (Wildman–Crippen LogP) is 2.14. The molecule has 11 heteroatoms. The van der Waals surface area contributed by atoms with Crippen LogP contribution in [0.4, 0.5) is 17.1 Å². The van der Waals surface area contributed by atoms with E-state index in [1.807, 2.05) is 0 Å². The van der Waals surface area contributed by atoms with E-state index < -0.39 is 22.3 Å². The lowest BCUT2D eigenvalue weighted by Gasteiger charge is -2.25. The average Bonchev–Trinajstić information content (AvgIpc) is 2.82. The number of rotatable bonds is 7. The molecular formula is C21H14N4O7. The van der Waals surface area contributed by atoms with Gasteiger partial charge in [-0.05, 0) is 29.8 Å². The molecule has 2 aliphatic carbocycles. The highest BCUT2D eigenvalue weighted by Crippen LogP contribution is 2.31. The quantitative estimate of drug-likeness (QED) is 0.289. The summed E-state index contributed by atoms with van der Waals surface area (Å²) in [6.45, 7) is 0.255. The Morgan fingerprint density at radius 1 is 0.844 bits per heavy atom. The van der Waals surface area contributed by atoms with Crippen LogP contribution in [-0.4, -0.2) is 38.2 Å². The van der Waals surface area contributed by atoms with Crippen molar-refractivity contribution >= 4 is 40.1 Å². The Hall–Kier alpha value is -4.80. The van der Waals surface area contributed by atoms with Crippen molar-refractivity contribution in [1.29, 1.82) is 0 Å². The molecule has 2 aliphatic rings. The zero-order valence-corrected chi connectivity index (χ0v) is 16.2. The van der Waals surface area contributed by atoms with E-state index in [1.54, 1.807) is 24.3 Å². The molecule has 0 atom stereocenters. The molecule has 0 bridgehead atoms. The number of carbonyl (C=O) groups excluding carboxylic acids is 3. The van der Waals surface area contributed by atoms with Crippen LogP contribution in [0.25, 0.3) is 0 Å². The maximum absolute atomic E-state index is 11.3. The Bertz CT molecular complexity index is 1250. The van der Waals surface area contributed by atoms with E-state index in [4.69, 9.17) is 0 Å². The molecule has 0 amide bonds. The first-order valence-electron chi connectivity index (χ1n) is 9.20. The van der Waals surface area contributed by atoms with E-state index in [2.05, 4.69) is 15.6 Å². The highest BCUT2D eigenvalue weighted by molar-refractivity contribution is 7.09. The molecular weight excluding hydrogens is 420 g/mol. The summed E-state index contributed by atoms with van der Waals surface area (Å²) in [5.74, 6) is -3.53. The lowest BCUT2D eigenvalue weighted by Crippen LogP contribution is -2.49. The molecule has 0 aromatic heterocycles. The number of carbonyl (C=O) groups is 3. The van der Waals surface area contributed by atoms with Crippen LogP contribution >= 0.6 is 0 Å². The van der Waals surface area contributed by atoms with Gasteiger partial charge in [0.1, 0.15) is 11.4 Å². The van der Waals surface area contributed by atoms with Gasteiger partial charge in [-0.2, -0.15) is 0 Å². The van der Waals surface area contributed by atoms with Crippen molar-refractivity contribution in [2.45, 2.75) is 6.54 Å². The largest absolute Gasteiger partial charge is 0.503 e. The van der Waals surface area contributed by atoms with Crippen LogP contribution in [0, 0.1) is 10.1 Å². The average molecular weight is 434 g/mol. The number of aliphatic hydroxyl groups is 2. The summed E-state index contributed by atoms with van der Waals surface area (Å²) in [7, 11) is 0. The molecule has 0 heterocycles. The smallest absolute Gasteiger partial charge is 0.277 e. The molecule has 160 valence electrons. The molecule has 0 saturated heterocycles. The Balaban J connectivity index is 1.41. The minimum atomic E-state index is -1.06. The molecule has 2 aromatic rings. The minimum Gasteiger partial charge on any atom is -0.503 e. The third kappa shape index (κ3) is 3.58. The van der Waals surface area contributed by atoms with Gasteiger partial charge in [-0.25, -0.2) is 4.99 Å². The second kappa shape index (κ2) is 7.80. The first-order valence-corrected chi connectivity index (χ1v) is 9.20. The summed E-state index contributed by atoms with van der Waals surface area (Å²) < 4.78 is 0. The van der Waals surface area contributed by atoms with Crippen LogP contribution in [0.3, 0.4) is 0 Å². The van der Waals surface area contributed by atoms with Crippen LogP contribution < -0.4 is 10.6 Å². The fourth-order valence-electron chi connectivity index (χ4n) is 2.98. The number of Topliss-reactive ketones (excluding diaryl/α,β-unsaturated/α-hetero) is 3. The van der Waals surface area contributed by atoms with Crippen LogP contribution in [-0.2, 0) is 20.9 Å².